The summed E-state index contributed by atoms with van der Waals surface area (Å²) in [4.78, 5) is 27.5. The fraction of sp³-hybridized carbons (Fsp3) is 0.647. The van der Waals surface area contributed by atoms with Gasteiger partial charge in [-0.3, -0.25) is 9.59 Å². The molecule has 5 heteroatoms. The molecule has 4 rings (SSSR count). The van der Waals surface area contributed by atoms with Crippen molar-refractivity contribution < 1.29 is 14.7 Å². The zero-order chi connectivity index (χ0) is 15.3. The number of hydrogen-bond acceptors (Lipinski definition) is 3. The number of aryl methyl sites for hydroxylation is 1. The molecule has 22 heavy (non-hydrogen) atoms. The van der Waals surface area contributed by atoms with Gasteiger partial charge in [0.2, 0.25) is 0 Å². The van der Waals surface area contributed by atoms with Gasteiger partial charge in [0.25, 0.3) is 5.91 Å². The van der Waals surface area contributed by atoms with Crippen LogP contribution in [0.1, 0.15) is 46.5 Å². The van der Waals surface area contributed by atoms with Crippen LogP contribution in [0.15, 0.2) is 5.38 Å². The third kappa shape index (κ3) is 2.35. The molecule has 0 aromatic carbocycles. The van der Waals surface area contributed by atoms with Crippen LogP contribution < -0.4 is 0 Å². The topological polar surface area (TPSA) is 57.6 Å². The van der Waals surface area contributed by atoms with E-state index in [1.165, 1.54) is 16.9 Å². The van der Waals surface area contributed by atoms with E-state index in [1.54, 1.807) is 16.2 Å². The SMILES string of the molecule is O=C(O)[C@H]1CN(C(=O)c2csc3c2CCCC3)C[C@@H]1C1CC1. The average Bonchev–Trinajstić information content (AvgIpc) is 3.12. The minimum Gasteiger partial charge on any atom is -0.481 e. The Morgan fingerprint density at radius 2 is 1.95 bits per heavy atom. The Balaban J connectivity index is 1.56. The largest absolute Gasteiger partial charge is 0.481 e. The number of carboxylic acids is 1. The summed E-state index contributed by atoms with van der Waals surface area (Å²) < 4.78 is 0. The van der Waals surface area contributed by atoms with Gasteiger partial charge in [0.1, 0.15) is 0 Å². The van der Waals surface area contributed by atoms with Crippen LogP contribution in [0, 0.1) is 17.8 Å². The Hall–Kier alpha value is -1.36. The highest BCUT2D eigenvalue weighted by Crippen LogP contribution is 2.44. The summed E-state index contributed by atoms with van der Waals surface area (Å²) in [5.74, 6) is -0.356. The van der Waals surface area contributed by atoms with Gasteiger partial charge >= 0.3 is 5.97 Å². The summed E-state index contributed by atoms with van der Waals surface area (Å²) in [6.07, 6.45) is 6.73. The number of amides is 1. The maximum atomic E-state index is 12.9. The van der Waals surface area contributed by atoms with Crippen LogP contribution in [-0.4, -0.2) is 35.0 Å². The van der Waals surface area contributed by atoms with Crippen molar-refractivity contribution in [2.75, 3.05) is 13.1 Å². The second kappa shape index (κ2) is 5.37. The Kier molecular flexibility index (Phi) is 3.48. The highest BCUT2D eigenvalue weighted by Gasteiger charge is 2.47. The molecule has 1 saturated carbocycles. The second-order valence-corrected chi connectivity index (χ2v) is 7.88. The third-order valence-corrected chi connectivity index (χ3v) is 6.58. The number of hydrogen-bond donors (Lipinski definition) is 1. The lowest BCUT2D eigenvalue weighted by molar-refractivity contribution is -0.142. The zero-order valence-electron chi connectivity index (χ0n) is 12.6. The fourth-order valence-corrected chi connectivity index (χ4v) is 5.22. The first-order valence-electron chi connectivity index (χ1n) is 8.26. The maximum Gasteiger partial charge on any atom is 0.308 e. The Labute approximate surface area is 134 Å². The highest BCUT2D eigenvalue weighted by atomic mass is 32.1. The van der Waals surface area contributed by atoms with E-state index in [0.29, 0.717) is 19.0 Å². The first-order chi connectivity index (χ1) is 10.6. The van der Waals surface area contributed by atoms with Gasteiger partial charge in [-0.05, 0) is 55.9 Å². The first-order valence-corrected chi connectivity index (χ1v) is 9.14. The number of likely N-dealkylation sites (tertiary alicyclic amines) is 1. The molecular formula is C17H21NO3S. The molecule has 1 saturated heterocycles. The molecule has 2 fully saturated rings. The quantitative estimate of drug-likeness (QED) is 0.932. The monoisotopic (exact) mass is 319 g/mol. The van der Waals surface area contributed by atoms with E-state index in [4.69, 9.17) is 0 Å². The number of rotatable bonds is 3. The molecule has 2 aliphatic carbocycles. The average molecular weight is 319 g/mol. The summed E-state index contributed by atoms with van der Waals surface area (Å²) in [6, 6.07) is 0. The van der Waals surface area contributed by atoms with Crippen LogP contribution in [0.3, 0.4) is 0 Å². The lowest BCUT2D eigenvalue weighted by Gasteiger charge is -2.18. The molecule has 1 aromatic rings. The van der Waals surface area contributed by atoms with E-state index < -0.39 is 5.97 Å². The number of aliphatic carboxylic acids is 1. The first kappa shape index (κ1) is 14.2. The molecule has 2 heterocycles. The summed E-state index contributed by atoms with van der Waals surface area (Å²) >= 11 is 1.70. The smallest absolute Gasteiger partial charge is 0.308 e. The van der Waals surface area contributed by atoms with Crippen molar-refractivity contribution in [3.8, 4) is 0 Å². The van der Waals surface area contributed by atoms with Gasteiger partial charge in [0.05, 0.1) is 11.5 Å². The van der Waals surface area contributed by atoms with Crippen molar-refractivity contribution in [3.05, 3.63) is 21.4 Å². The molecule has 118 valence electrons. The van der Waals surface area contributed by atoms with Crippen molar-refractivity contribution >= 4 is 23.2 Å². The molecular weight excluding hydrogens is 298 g/mol. The van der Waals surface area contributed by atoms with E-state index in [-0.39, 0.29) is 17.7 Å². The van der Waals surface area contributed by atoms with Crippen LogP contribution in [-0.2, 0) is 17.6 Å². The summed E-state index contributed by atoms with van der Waals surface area (Å²) in [5.41, 5.74) is 2.09. The van der Waals surface area contributed by atoms with Crippen molar-refractivity contribution in [2.24, 2.45) is 17.8 Å². The van der Waals surface area contributed by atoms with E-state index in [2.05, 4.69) is 0 Å². The maximum absolute atomic E-state index is 12.9. The van der Waals surface area contributed by atoms with Crippen LogP contribution in [0.2, 0.25) is 0 Å². The third-order valence-electron chi connectivity index (χ3n) is 5.49. The Bertz CT molecular complexity index is 619. The van der Waals surface area contributed by atoms with Crippen molar-refractivity contribution in [1.82, 2.24) is 4.90 Å². The predicted molar refractivity (Wildman–Crippen MR) is 84.2 cm³/mol. The van der Waals surface area contributed by atoms with Gasteiger partial charge in [-0.25, -0.2) is 0 Å². The Morgan fingerprint density at radius 1 is 1.18 bits per heavy atom. The van der Waals surface area contributed by atoms with Crippen LogP contribution in [0.25, 0.3) is 0 Å². The van der Waals surface area contributed by atoms with Gasteiger partial charge in [-0.15, -0.1) is 11.3 Å². The molecule has 1 aromatic heterocycles. The second-order valence-electron chi connectivity index (χ2n) is 6.91. The summed E-state index contributed by atoms with van der Waals surface area (Å²) in [7, 11) is 0. The van der Waals surface area contributed by atoms with E-state index in [0.717, 1.165) is 37.7 Å². The molecule has 0 unspecified atom stereocenters. The molecule has 1 amide bonds. The fourth-order valence-electron chi connectivity index (χ4n) is 4.10. The zero-order valence-corrected chi connectivity index (χ0v) is 13.4. The minimum atomic E-state index is -0.737. The molecule has 0 radical (unpaired) electrons. The number of thiophene rings is 1. The number of carbonyl (C=O) groups excluding carboxylic acids is 1. The molecule has 1 aliphatic heterocycles. The predicted octanol–water partition coefficient (Wildman–Crippen LogP) is 2.81. The van der Waals surface area contributed by atoms with Crippen molar-refractivity contribution in [3.63, 3.8) is 0 Å². The normalized spacial score (nSPS) is 27.7. The lowest BCUT2D eigenvalue weighted by atomic mass is 9.92. The van der Waals surface area contributed by atoms with E-state index in [9.17, 15) is 14.7 Å². The number of carbonyl (C=O) groups is 2. The van der Waals surface area contributed by atoms with Gasteiger partial charge in [0, 0.05) is 23.3 Å². The molecule has 0 spiro atoms. The molecule has 3 aliphatic rings. The van der Waals surface area contributed by atoms with Gasteiger partial charge in [-0.1, -0.05) is 0 Å². The Morgan fingerprint density at radius 3 is 2.68 bits per heavy atom. The highest BCUT2D eigenvalue weighted by molar-refractivity contribution is 7.10. The number of fused-ring (bicyclic) bond motifs is 1. The summed E-state index contributed by atoms with van der Waals surface area (Å²) in [5, 5.41) is 11.4. The van der Waals surface area contributed by atoms with Crippen LogP contribution >= 0.6 is 11.3 Å². The molecule has 0 bridgehead atoms. The van der Waals surface area contributed by atoms with E-state index in [1.807, 2.05) is 5.38 Å². The van der Waals surface area contributed by atoms with Gasteiger partial charge < -0.3 is 10.0 Å². The minimum absolute atomic E-state index is 0.0637. The number of carboxylic acid groups (broad SMARTS) is 1. The van der Waals surface area contributed by atoms with E-state index >= 15 is 0 Å². The van der Waals surface area contributed by atoms with Crippen LogP contribution in [0.4, 0.5) is 0 Å². The van der Waals surface area contributed by atoms with Crippen molar-refractivity contribution in [1.29, 1.82) is 0 Å². The summed E-state index contributed by atoms with van der Waals surface area (Å²) in [6.45, 7) is 1.02. The van der Waals surface area contributed by atoms with Crippen LogP contribution in [0.5, 0.6) is 0 Å². The lowest BCUT2D eigenvalue weighted by Crippen LogP contribution is -2.30. The van der Waals surface area contributed by atoms with Gasteiger partial charge in [-0.2, -0.15) is 0 Å². The van der Waals surface area contributed by atoms with Gasteiger partial charge in [0.15, 0.2) is 0 Å². The standard InChI is InChI=1S/C17H21NO3S/c19-16(14-9-22-15-4-2-1-3-11(14)15)18-7-12(10-5-6-10)13(8-18)17(20)21/h9-10,12-13H,1-8H2,(H,20,21)/t12-,13+/m1/s1. The molecule has 2 atom stereocenters. The van der Waals surface area contributed by atoms with Crippen molar-refractivity contribution in [2.45, 2.75) is 38.5 Å². The number of nitrogens with zero attached hydrogens (tertiary/aromatic N) is 1. The molecule has 1 N–H and O–H groups in total. The molecule has 4 nitrogen and oxygen atoms in total.